The van der Waals surface area contributed by atoms with Crippen LogP contribution >= 0.6 is 0 Å². The minimum Gasteiger partial charge on any atom is -0.142 e. The molecular formula is C11H15Al. The smallest absolute Gasteiger partial charge is 0.142 e. The molecule has 0 spiro atoms. The molecule has 62 valence electrons. The van der Waals surface area contributed by atoms with Crippen LogP contribution in [0.2, 0.25) is 11.6 Å². The summed E-state index contributed by atoms with van der Waals surface area (Å²) < 4.78 is 0. The second-order valence-corrected chi connectivity index (χ2v) is 6.28. The molecule has 0 atom stereocenters. The maximum absolute atomic E-state index is 2.43. The molecule has 0 amide bonds. The Morgan fingerprint density at radius 2 is 1.75 bits per heavy atom. The van der Waals surface area contributed by atoms with Gasteiger partial charge in [0.1, 0.15) is 0 Å². The number of hydrogen-bond acceptors (Lipinski definition) is 0. The fourth-order valence-corrected chi connectivity index (χ4v) is 2.49. The van der Waals surface area contributed by atoms with Crippen LogP contribution in [0.3, 0.4) is 0 Å². The first-order valence-corrected chi connectivity index (χ1v) is 7.41. The van der Waals surface area contributed by atoms with Gasteiger partial charge in [-0.05, 0) is 12.5 Å². The third-order valence-electron chi connectivity index (χ3n) is 1.81. The molecule has 0 aliphatic rings. The van der Waals surface area contributed by atoms with E-state index in [1.165, 1.54) is 11.1 Å². The van der Waals surface area contributed by atoms with Crippen LogP contribution in [0, 0.1) is 0 Å². The Bertz CT molecular complexity index is 260. The molecule has 0 N–H and O–H groups in total. The van der Waals surface area contributed by atoms with Gasteiger partial charge in [-0.2, -0.15) is 0 Å². The molecule has 0 heterocycles. The van der Waals surface area contributed by atoms with Crippen molar-refractivity contribution in [3.05, 3.63) is 40.8 Å². The Morgan fingerprint density at radius 1 is 1.17 bits per heavy atom. The van der Waals surface area contributed by atoms with E-state index in [0.717, 1.165) is 0 Å². The monoisotopic (exact) mass is 174 g/mol. The first kappa shape index (κ1) is 9.58. The molecular weight excluding hydrogens is 159 g/mol. The van der Waals surface area contributed by atoms with Gasteiger partial charge in [-0.25, -0.2) is 0 Å². The average molecular weight is 174 g/mol. The molecule has 1 rings (SSSR count). The zero-order valence-electron chi connectivity index (χ0n) is 8.04. The number of allylic oxidation sites excluding steroid dienone is 1. The van der Waals surface area contributed by atoms with E-state index in [-0.39, 0.29) is 0 Å². The fourth-order valence-electron chi connectivity index (χ4n) is 1.30. The molecule has 0 aliphatic carbocycles. The summed E-state index contributed by atoms with van der Waals surface area (Å²) >= 11 is -0.560. The summed E-state index contributed by atoms with van der Waals surface area (Å²) in [6, 6.07) is 10.6. The van der Waals surface area contributed by atoms with E-state index in [1.807, 2.05) is 0 Å². The molecule has 0 saturated carbocycles. The largest absolute Gasteiger partial charge is 0.288 e. The van der Waals surface area contributed by atoms with Gasteiger partial charge in [0, 0.05) is 0 Å². The fraction of sp³-hybridized carbons (Fsp3) is 0.273. The summed E-state index contributed by atoms with van der Waals surface area (Å²) in [7, 11) is 0. The van der Waals surface area contributed by atoms with Crippen LogP contribution in [0.5, 0.6) is 0 Å². The Balaban J connectivity index is 2.85. The second-order valence-electron chi connectivity index (χ2n) is 3.46. The topological polar surface area (TPSA) is 0 Å². The quantitative estimate of drug-likeness (QED) is 0.603. The Hall–Kier alpha value is -0.508. The van der Waals surface area contributed by atoms with Crippen LogP contribution in [0.4, 0.5) is 0 Å². The average Bonchev–Trinajstić information content (AvgIpc) is 2.05. The molecule has 12 heavy (non-hydrogen) atoms. The van der Waals surface area contributed by atoms with Crippen molar-refractivity contribution < 1.29 is 0 Å². The normalized spacial score (nSPS) is 11.4. The zero-order chi connectivity index (χ0) is 8.97. The summed E-state index contributed by atoms with van der Waals surface area (Å²) in [6.45, 7) is 2.20. The zero-order valence-corrected chi connectivity index (χ0v) is 9.20. The van der Waals surface area contributed by atoms with Crippen LogP contribution in [0.25, 0.3) is 5.57 Å². The lowest BCUT2D eigenvalue weighted by Crippen LogP contribution is -1.94. The van der Waals surface area contributed by atoms with Crippen molar-refractivity contribution in [1.29, 1.82) is 0 Å². The summed E-state index contributed by atoms with van der Waals surface area (Å²) in [6.07, 6.45) is 0. The first-order chi connectivity index (χ1) is 5.70. The van der Waals surface area contributed by atoms with Crippen LogP contribution in [0.15, 0.2) is 35.3 Å². The standard InChI is InChI=1S/C9H9.2CH3.Al/c1-8(2)9-6-4-3-5-7-9;;;/h1,3-7H,2H3;2*1H3;. The van der Waals surface area contributed by atoms with Gasteiger partial charge in [0.25, 0.3) is 14.1 Å². The van der Waals surface area contributed by atoms with E-state index in [4.69, 9.17) is 0 Å². The summed E-state index contributed by atoms with van der Waals surface area (Å²) in [5, 5.41) is 0. The van der Waals surface area contributed by atoms with Crippen molar-refractivity contribution in [1.82, 2.24) is 0 Å². The maximum atomic E-state index is 2.43. The minimum atomic E-state index is -0.560. The van der Waals surface area contributed by atoms with Crippen LogP contribution in [-0.4, -0.2) is 14.1 Å². The molecule has 0 unspecified atom stereocenters. The number of benzene rings is 1. The first-order valence-electron chi connectivity index (χ1n) is 4.44. The molecule has 0 aromatic heterocycles. The predicted molar refractivity (Wildman–Crippen MR) is 57.6 cm³/mol. The Kier molecular flexibility index (Phi) is 3.59. The molecule has 1 aromatic rings. The van der Waals surface area contributed by atoms with Crippen molar-refractivity contribution in [2.45, 2.75) is 18.5 Å². The summed E-state index contributed by atoms with van der Waals surface area (Å²) in [4.78, 5) is 2.43. The highest BCUT2D eigenvalue weighted by Gasteiger charge is 1.98. The van der Waals surface area contributed by atoms with Gasteiger partial charge in [-0.1, -0.05) is 35.9 Å². The lowest BCUT2D eigenvalue weighted by molar-refractivity contribution is 1.57. The van der Waals surface area contributed by atoms with Crippen molar-refractivity contribution in [3.8, 4) is 0 Å². The molecule has 0 bridgehead atoms. The van der Waals surface area contributed by atoms with Gasteiger partial charge < -0.3 is 0 Å². The van der Waals surface area contributed by atoms with E-state index >= 15 is 0 Å². The van der Waals surface area contributed by atoms with Gasteiger partial charge in [0.2, 0.25) is 0 Å². The van der Waals surface area contributed by atoms with E-state index in [2.05, 4.69) is 53.8 Å². The van der Waals surface area contributed by atoms with Gasteiger partial charge in [-0.15, -0.1) is 16.5 Å². The van der Waals surface area contributed by atoms with Gasteiger partial charge in [-0.3, -0.25) is 0 Å². The molecule has 0 aliphatic heterocycles. The van der Waals surface area contributed by atoms with Crippen molar-refractivity contribution in [2.75, 3.05) is 0 Å². The Morgan fingerprint density at radius 3 is 2.25 bits per heavy atom. The summed E-state index contributed by atoms with van der Waals surface area (Å²) in [5.74, 6) is 4.68. The van der Waals surface area contributed by atoms with Crippen molar-refractivity contribution >= 4 is 19.7 Å². The van der Waals surface area contributed by atoms with Gasteiger partial charge >= 0.3 is 0 Å². The molecule has 0 nitrogen and oxygen atoms in total. The van der Waals surface area contributed by atoms with E-state index in [0.29, 0.717) is 0 Å². The number of rotatable bonds is 2. The van der Waals surface area contributed by atoms with Crippen LogP contribution in [-0.2, 0) is 0 Å². The Labute approximate surface area is 79.3 Å². The molecule has 0 fully saturated rings. The molecule has 1 heteroatoms. The SMILES string of the molecule is C/C(=[CH]\[Al]([CH3])[CH3])c1ccccc1. The second kappa shape index (κ2) is 4.50. The van der Waals surface area contributed by atoms with E-state index < -0.39 is 14.1 Å². The van der Waals surface area contributed by atoms with Crippen molar-refractivity contribution in [3.63, 3.8) is 0 Å². The summed E-state index contributed by atoms with van der Waals surface area (Å²) in [5.41, 5.74) is 2.79. The molecule has 1 aromatic carbocycles. The highest BCUT2D eigenvalue weighted by Crippen LogP contribution is 2.12. The van der Waals surface area contributed by atoms with Gasteiger partial charge in [0.15, 0.2) is 0 Å². The highest BCUT2D eigenvalue weighted by molar-refractivity contribution is 6.62. The lowest BCUT2D eigenvalue weighted by atomic mass is 10.1. The predicted octanol–water partition coefficient (Wildman–Crippen LogP) is 3.38. The van der Waals surface area contributed by atoms with Gasteiger partial charge in [0.05, 0.1) is 0 Å². The minimum absolute atomic E-state index is 0.560. The third kappa shape index (κ3) is 2.85. The maximum Gasteiger partial charge on any atom is 0.288 e. The van der Waals surface area contributed by atoms with E-state index in [9.17, 15) is 0 Å². The molecule has 0 radical (unpaired) electrons. The molecule has 0 saturated heterocycles. The van der Waals surface area contributed by atoms with E-state index in [1.54, 1.807) is 0 Å². The number of hydrogen-bond donors (Lipinski definition) is 0. The van der Waals surface area contributed by atoms with Crippen LogP contribution < -0.4 is 0 Å². The third-order valence-corrected chi connectivity index (χ3v) is 2.98. The van der Waals surface area contributed by atoms with Crippen molar-refractivity contribution in [2.24, 2.45) is 0 Å². The van der Waals surface area contributed by atoms with Crippen LogP contribution in [0.1, 0.15) is 12.5 Å². The lowest BCUT2D eigenvalue weighted by Gasteiger charge is -2.00. The highest BCUT2D eigenvalue weighted by atomic mass is 27.2.